The van der Waals surface area contributed by atoms with E-state index in [2.05, 4.69) is 10.3 Å². The van der Waals surface area contributed by atoms with Crippen LogP contribution in [0.3, 0.4) is 0 Å². The molecule has 2 amide bonds. The van der Waals surface area contributed by atoms with E-state index in [9.17, 15) is 14.7 Å². The van der Waals surface area contributed by atoms with Crippen LogP contribution in [0.2, 0.25) is 0 Å². The molecule has 0 radical (unpaired) electrons. The molecular weight excluding hydrogens is 519 g/mol. The Labute approximate surface area is 241 Å². The van der Waals surface area contributed by atoms with E-state index in [0.717, 1.165) is 36.8 Å². The molecule has 41 heavy (non-hydrogen) atoms. The predicted octanol–water partition coefficient (Wildman–Crippen LogP) is 5.62. The average molecular weight is 559 g/mol. The number of amides is 2. The first-order valence-electron chi connectivity index (χ1n) is 14.3. The monoisotopic (exact) mass is 558 g/mol. The van der Waals surface area contributed by atoms with Crippen LogP contribution in [-0.2, 0) is 15.1 Å². The average Bonchev–Trinajstić information content (AvgIpc) is 2.92. The van der Waals surface area contributed by atoms with E-state index in [1.807, 2.05) is 49.5 Å². The molecule has 8 heteroatoms. The van der Waals surface area contributed by atoms with Gasteiger partial charge in [0.25, 0.3) is 0 Å². The highest BCUT2D eigenvalue weighted by Gasteiger charge is 2.50. The molecule has 0 unspecified atom stereocenters. The Kier molecular flexibility index (Phi) is 7.99. The molecule has 216 valence electrons. The number of carbonyl (C=O) groups excluding carboxylic acids is 2. The second-order valence-corrected chi connectivity index (χ2v) is 12.2. The molecule has 0 bridgehead atoms. The van der Waals surface area contributed by atoms with Crippen molar-refractivity contribution in [3.8, 4) is 22.4 Å². The molecule has 1 aromatic heterocycles. The third-order valence-corrected chi connectivity index (χ3v) is 8.76. The van der Waals surface area contributed by atoms with Crippen molar-refractivity contribution in [2.75, 3.05) is 12.4 Å². The van der Waals surface area contributed by atoms with E-state index in [-0.39, 0.29) is 23.8 Å². The molecule has 2 aliphatic carbocycles. The molecule has 0 atom stereocenters. The zero-order valence-corrected chi connectivity index (χ0v) is 24.0. The number of anilines is 1. The van der Waals surface area contributed by atoms with Gasteiger partial charge in [-0.05, 0) is 69.1 Å². The Hall–Kier alpha value is -3.62. The van der Waals surface area contributed by atoms with Crippen molar-refractivity contribution in [1.29, 1.82) is 0 Å². The second kappa shape index (κ2) is 11.3. The van der Waals surface area contributed by atoms with E-state index in [1.54, 1.807) is 31.0 Å². The summed E-state index contributed by atoms with van der Waals surface area (Å²) in [5, 5.41) is 13.2. The zero-order valence-electron chi connectivity index (χ0n) is 24.0. The number of aromatic nitrogens is 1. The van der Waals surface area contributed by atoms with Crippen LogP contribution < -0.4 is 11.1 Å². The second-order valence-electron chi connectivity index (χ2n) is 12.2. The van der Waals surface area contributed by atoms with Gasteiger partial charge in [0.15, 0.2) is 0 Å². The maximum absolute atomic E-state index is 15.4. The molecule has 3 aromatic rings. The largest absolute Gasteiger partial charge is 0.390 e. The minimum Gasteiger partial charge on any atom is -0.390 e. The third kappa shape index (κ3) is 6.34. The summed E-state index contributed by atoms with van der Waals surface area (Å²) in [6.45, 7) is 3.30. The number of pyridine rings is 1. The maximum Gasteiger partial charge on any atom is 0.224 e. The van der Waals surface area contributed by atoms with Crippen molar-refractivity contribution in [2.45, 2.75) is 76.0 Å². The third-order valence-electron chi connectivity index (χ3n) is 8.76. The molecule has 2 fully saturated rings. The SMILES string of the molecule is CC(=O)N(C)C1CCC(CC(=O)Nc2cnc(-c3ccc(C4(N)CC(C)(O)C4)c(F)c3)c(-c3ccccc3)c2)CC1. The number of halogens is 1. The Morgan fingerprint density at radius 2 is 1.76 bits per heavy atom. The standard InChI is InChI=1S/C33H39FN4O3/c1-21(39)38(3)26-12-9-22(10-13-26)15-30(40)37-25-17-27(23-7-5-4-6-8-23)31(36-18-25)24-11-14-28(29(34)16-24)33(35)19-32(2,41)20-33/h4-8,11,14,16-18,22,26,41H,9-10,12-13,15,19-20,35H2,1-3H3,(H,37,40). The first-order chi connectivity index (χ1) is 19.4. The zero-order chi connectivity index (χ0) is 29.4. The normalized spacial score (nSPS) is 25.7. The minimum atomic E-state index is -0.890. The van der Waals surface area contributed by atoms with Crippen LogP contribution in [0.4, 0.5) is 10.1 Å². The molecule has 0 aliphatic heterocycles. The lowest BCUT2D eigenvalue weighted by Crippen LogP contribution is -2.58. The highest BCUT2D eigenvalue weighted by atomic mass is 19.1. The Morgan fingerprint density at radius 1 is 1.07 bits per heavy atom. The van der Waals surface area contributed by atoms with Gasteiger partial charge in [-0.25, -0.2) is 4.39 Å². The summed E-state index contributed by atoms with van der Waals surface area (Å²) in [5.41, 5.74) is 8.47. The lowest BCUT2D eigenvalue weighted by molar-refractivity contribution is -0.130. The lowest BCUT2D eigenvalue weighted by Gasteiger charge is -2.49. The number of nitrogens with one attached hydrogen (secondary N) is 1. The van der Waals surface area contributed by atoms with E-state index in [1.165, 1.54) is 6.07 Å². The van der Waals surface area contributed by atoms with Crippen LogP contribution in [0.5, 0.6) is 0 Å². The number of aliphatic hydroxyl groups is 1. The molecule has 5 rings (SSSR count). The number of nitrogens with two attached hydrogens (primary N) is 1. The topological polar surface area (TPSA) is 109 Å². The molecule has 7 nitrogen and oxygen atoms in total. The van der Waals surface area contributed by atoms with Gasteiger partial charge >= 0.3 is 0 Å². The van der Waals surface area contributed by atoms with E-state index < -0.39 is 17.0 Å². The van der Waals surface area contributed by atoms with Crippen LogP contribution in [0.25, 0.3) is 22.4 Å². The summed E-state index contributed by atoms with van der Waals surface area (Å²) in [5.74, 6) is -0.144. The van der Waals surface area contributed by atoms with Gasteiger partial charge in [-0.3, -0.25) is 14.6 Å². The van der Waals surface area contributed by atoms with E-state index in [0.29, 0.717) is 41.8 Å². The summed E-state index contributed by atoms with van der Waals surface area (Å²) in [6, 6.07) is 16.8. The summed E-state index contributed by atoms with van der Waals surface area (Å²) in [4.78, 5) is 31.1. The van der Waals surface area contributed by atoms with Gasteiger partial charge < -0.3 is 21.1 Å². The number of benzene rings is 2. The number of rotatable bonds is 7. The summed E-state index contributed by atoms with van der Waals surface area (Å²) in [6.07, 6.45) is 6.25. The highest BCUT2D eigenvalue weighted by Crippen LogP contribution is 2.47. The van der Waals surface area contributed by atoms with E-state index in [4.69, 9.17) is 5.73 Å². The van der Waals surface area contributed by atoms with Gasteiger partial charge in [0, 0.05) is 48.7 Å². The van der Waals surface area contributed by atoms with Gasteiger partial charge in [-0.15, -0.1) is 0 Å². The molecule has 4 N–H and O–H groups in total. The van der Waals surface area contributed by atoms with Crippen molar-refractivity contribution in [3.05, 3.63) is 72.2 Å². The van der Waals surface area contributed by atoms with Crippen molar-refractivity contribution >= 4 is 17.5 Å². The van der Waals surface area contributed by atoms with Gasteiger partial charge in [0.1, 0.15) is 5.82 Å². The van der Waals surface area contributed by atoms with Gasteiger partial charge in [0.2, 0.25) is 11.8 Å². The number of hydrogen-bond acceptors (Lipinski definition) is 5. The molecule has 2 saturated carbocycles. The summed E-state index contributed by atoms with van der Waals surface area (Å²) in [7, 11) is 1.85. The molecular formula is C33H39FN4O3. The molecule has 2 aliphatic rings. The first kappa shape index (κ1) is 28.9. The fraction of sp³-hybridized carbons (Fsp3) is 0.424. The van der Waals surface area contributed by atoms with Gasteiger partial charge in [0.05, 0.1) is 23.2 Å². The van der Waals surface area contributed by atoms with Crippen LogP contribution in [-0.4, -0.2) is 45.5 Å². The molecule has 2 aromatic carbocycles. The van der Waals surface area contributed by atoms with Crippen LogP contribution in [0.1, 0.15) is 64.4 Å². The summed E-state index contributed by atoms with van der Waals surface area (Å²) < 4.78 is 15.4. The fourth-order valence-corrected chi connectivity index (χ4v) is 6.63. The van der Waals surface area contributed by atoms with Crippen LogP contribution in [0.15, 0.2) is 60.8 Å². The molecule has 1 heterocycles. The number of nitrogens with zero attached hydrogens (tertiary/aromatic N) is 2. The van der Waals surface area contributed by atoms with Crippen molar-refractivity contribution in [3.63, 3.8) is 0 Å². The quantitative estimate of drug-likeness (QED) is 0.349. The van der Waals surface area contributed by atoms with Gasteiger partial charge in [-0.1, -0.05) is 42.5 Å². The number of hydrogen-bond donors (Lipinski definition) is 3. The Bertz CT molecular complexity index is 1430. The Balaban J connectivity index is 1.33. The fourth-order valence-electron chi connectivity index (χ4n) is 6.63. The predicted molar refractivity (Wildman–Crippen MR) is 158 cm³/mol. The maximum atomic E-state index is 15.4. The minimum absolute atomic E-state index is 0.0676. The smallest absolute Gasteiger partial charge is 0.224 e. The molecule has 0 saturated heterocycles. The highest BCUT2D eigenvalue weighted by molar-refractivity contribution is 5.93. The van der Waals surface area contributed by atoms with Gasteiger partial charge in [-0.2, -0.15) is 0 Å². The van der Waals surface area contributed by atoms with Crippen molar-refractivity contribution < 1.29 is 19.1 Å². The van der Waals surface area contributed by atoms with Crippen LogP contribution in [0, 0.1) is 11.7 Å². The van der Waals surface area contributed by atoms with Crippen LogP contribution >= 0.6 is 0 Å². The van der Waals surface area contributed by atoms with E-state index >= 15 is 4.39 Å². The summed E-state index contributed by atoms with van der Waals surface area (Å²) >= 11 is 0. The van der Waals surface area contributed by atoms with Crippen molar-refractivity contribution in [2.24, 2.45) is 11.7 Å². The number of carbonyl (C=O) groups is 2. The van der Waals surface area contributed by atoms with Crippen molar-refractivity contribution in [1.82, 2.24) is 9.88 Å². The molecule has 0 spiro atoms. The Morgan fingerprint density at radius 3 is 2.37 bits per heavy atom. The first-order valence-corrected chi connectivity index (χ1v) is 14.3. The lowest BCUT2D eigenvalue weighted by atomic mass is 9.63.